The molecule has 1 aliphatic heterocycles. The van der Waals surface area contributed by atoms with E-state index in [4.69, 9.17) is 4.74 Å². The fourth-order valence-electron chi connectivity index (χ4n) is 4.82. The smallest absolute Gasteiger partial charge is 0.199 e. The second-order valence-electron chi connectivity index (χ2n) is 8.28. The molecule has 0 bridgehead atoms. The van der Waals surface area contributed by atoms with Gasteiger partial charge in [0.05, 0.1) is 6.04 Å². The molecule has 0 N–H and O–H groups in total. The first kappa shape index (κ1) is 20.1. The fourth-order valence-corrected chi connectivity index (χ4v) is 5.08. The lowest BCUT2D eigenvalue weighted by Gasteiger charge is -2.45. The first-order valence-corrected chi connectivity index (χ1v) is 11.9. The van der Waals surface area contributed by atoms with Crippen LogP contribution >= 0.6 is 15.9 Å². The van der Waals surface area contributed by atoms with Gasteiger partial charge in [0.25, 0.3) is 0 Å². The molecule has 0 unspecified atom stereocenters. The van der Waals surface area contributed by atoms with Crippen molar-refractivity contribution >= 4 is 32.4 Å². The van der Waals surface area contributed by atoms with Gasteiger partial charge in [0, 0.05) is 21.3 Å². The van der Waals surface area contributed by atoms with Gasteiger partial charge in [-0.25, -0.2) is 0 Å². The molecule has 2 nitrogen and oxygen atoms in total. The average Bonchev–Trinajstić information content (AvgIpc) is 2.89. The molecule has 0 saturated carbocycles. The van der Waals surface area contributed by atoms with E-state index in [1.807, 2.05) is 6.07 Å². The van der Waals surface area contributed by atoms with Crippen LogP contribution in [0.1, 0.15) is 29.0 Å². The van der Waals surface area contributed by atoms with Gasteiger partial charge in [-0.2, -0.15) is 0 Å². The van der Waals surface area contributed by atoms with Crippen molar-refractivity contribution in [3.63, 3.8) is 0 Å². The standard InChI is InChI=1S/C30H22BrNO/c31-24-16-18-25(19-17-24)32-29(22-10-3-1-4-11-22)28-26-14-8-7-9-21(26)15-20-27(28)33-30(32)23-12-5-2-6-13-23/h1-20,29-30H/t29-,30-/m0/s1. The summed E-state index contributed by atoms with van der Waals surface area (Å²) in [5.41, 5.74) is 4.68. The molecule has 6 rings (SSSR count). The van der Waals surface area contributed by atoms with Crippen LogP contribution in [0.5, 0.6) is 5.75 Å². The molecule has 0 spiro atoms. The molecule has 1 aliphatic rings. The molecular formula is C30H22BrNO. The third-order valence-electron chi connectivity index (χ3n) is 6.30. The minimum absolute atomic E-state index is 0.00701. The van der Waals surface area contributed by atoms with Crippen LogP contribution < -0.4 is 9.64 Å². The van der Waals surface area contributed by atoms with Crippen LogP contribution in [0.4, 0.5) is 5.69 Å². The Bertz CT molecular complexity index is 1400. The number of benzene rings is 5. The molecule has 0 aliphatic carbocycles. The van der Waals surface area contributed by atoms with Crippen LogP contribution in [0.2, 0.25) is 0 Å². The number of rotatable bonds is 3. The van der Waals surface area contributed by atoms with Gasteiger partial charge in [-0.15, -0.1) is 0 Å². The number of fused-ring (bicyclic) bond motifs is 3. The molecule has 0 radical (unpaired) electrons. The Morgan fingerprint density at radius 1 is 0.606 bits per heavy atom. The number of hydrogen-bond acceptors (Lipinski definition) is 2. The fraction of sp³-hybridized carbons (Fsp3) is 0.0667. The molecule has 3 heteroatoms. The minimum Gasteiger partial charge on any atom is -0.466 e. The summed E-state index contributed by atoms with van der Waals surface area (Å²) in [6.45, 7) is 0. The highest BCUT2D eigenvalue weighted by atomic mass is 79.9. The van der Waals surface area contributed by atoms with Crippen molar-refractivity contribution in [2.24, 2.45) is 0 Å². The van der Waals surface area contributed by atoms with Crippen molar-refractivity contribution in [3.8, 4) is 5.75 Å². The van der Waals surface area contributed by atoms with Gasteiger partial charge in [-0.05, 0) is 46.7 Å². The lowest BCUT2D eigenvalue weighted by Crippen LogP contribution is -2.40. The Kier molecular flexibility index (Phi) is 5.12. The van der Waals surface area contributed by atoms with E-state index >= 15 is 0 Å². The number of nitrogens with zero attached hydrogens (tertiary/aromatic N) is 1. The molecule has 0 saturated heterocycles. The van der Waals surface area contributed by atoms with Gasteiger partial charge >= 0.3 is 0 Å². The van der Waals surface area contributed by atoms with Crippen molar-refractivity contribution in [1.29, 1.82) is 0 Å². The lowest BCUT2D eigenvalue weighted by molar-refractivity contribution is 0.170. The molecule has 160 valence electrons. The van der Waals surface area contributed by atoms with Crippen molar-refractivity contribution < 1.29 is 4.74 Å². The zero-order valence-electron chi connectivity index (χ0n) is 17.9. The topological polar surface area (TPSA) is 12.5 Å². The Morgan fingerprint density at radius 3 is 1.97 bits per heavy atom. The van der Waals surface area contributed by atoms with Crippen LogP contribution in [0, 0.1) is 0 Å². The first-order chi connectivity index (χ1) is 16.3. The molecule has 5 aromatic rings. The maximum atomic E-state index is 6.79. The van der Waals surface area contributed by atoms with E-state index in [1.54, 1.807) is 0 Å². The van der Waals surface area contributed by atoms with Crippen molar-refractivity contribution in [1.82, 2.24) is 0 Å². The predicted molar refractivity (Wildman–Crippen MR) is 139 cm³/mol. The SMILES string of the molecule is Brc1ccc(N2[C@@H](c3ccccc3)c3c(ccc4ccccc34)O[C@H]2c2ccccc2)cc1. The average molecular weight is 492 g/mol. The second-order valence-corrected chi connectivity index (χ2v) is 9.19. The normalized spacial score (nSPS) is 17.4. The summed E-state index contributed by atoms with van der Waals surface area (Å²) in [5, 5.41) is 2.44. The van der Waals surface area contributed by atoms with E-state index in [0.717, 1.165) is 21.5 Å². The van der Waals surface area contributed by atoms with Crippen molar-refractivity contribution in [3.05, 3.63) is 142 Å². The lowest BCUT2D eigenvalue weighted by atomic mass is 9.89. The molecule has 33 heavy (non-hydrogen) atoms. The van der Waals surface area contributed by atoms with E-state index in [2.05, 4.69) is 136 Å². The third-order valence-corrected chi connectivity index (χ3v) is 6.83. The highest BCUT2D eigenvalue weighted by Gasteiger charge is 2.38. The summed E-state index contributed by atoms with van der Waals surface area (Å²) in [6.07, 6.45) is -0.258. The molecule has 0 fully saturated rings. The molecule has 0 amide bonds. The molecule has 0 aromatic heterocycles. The van der Waals surface area contributed by atoms with Crippen LogP contribution in [-0.2, 0) is 0 Å². The predicted octanol–water partition coefficient (Wildman–Crippen LogP) is 8.29. The van der Waals surface area contributed by atoms with E-state index < -0.39 is 0 Å². The zero-order valence-corrected chi connectivity index (χ0v) is 19.5. The summed E-state index contributed by atoms with van der Waals surface area (Å²) in [7, 11) is 0. The maximum Gasteiger partial charge on any atom is 0.199 e. The zero-order chi connectivity index (χ0) is 22.2. The van der Waals surface area contributed by atoms with Crippen LogP contribution in [0.3, 0.4) is 0 Å². The van der Waals surface area contributed by atoms with Gasteiger partial charge in [-0.3, -0.25) is 0 Å². The highest BCUT2D eigenvalue weighted by Crippen LogP contribution is 2.50. The van der Waals surface area contributed by atoms with Gasteiger partial charge in [0.1, 0.15) is 5.75 Å². The van der Waals surface area contributed by atoms with Crippen LogP contribution in [0.15, 0.2) is 126 Å². The third kappa shape index (κ3) is 3.59. The first-order valence-electron chi connectivity index (χ1n) is 11.1. The van der Waals surface area contributed by atoms with E-state index in [-0.39, 0.29) is 12.3 Å². The minimum atomic E-state index is -0.258. The van der Waals surface area contributed by atoms with Crippen LogP contribution in [-0.4, -0.2) is 0 Å². The maximum absolute atomic E-state index is 6.79. The number of halogens is 1. The summed E-state index contributed by atoms with van der Waals surface area (Å²) in [5.74, 6) is 0.935. The number of hydrogen-bond donors (Lipinski definition) is 0. The monoisotopic (exact) mass is 491 g/mol. The van der Waals surface area contributed by atoms with E-state index in [9.17, 15) is 0 Å². The van der Waals surface area contributed by atoms with Gasteiger partial charge < -0.3 is 9.64 Å². The second kappa shape index (κ2) is 8.42. The van der Waals surface area contributed by atoms with Gasteiger partial charge in [0.15, 0.2) is 6.23 Å². The number of anilines is 1. The molecule has 1 heterocycles. The van der Waals surface area contributed by atoms with Gasteiger partial charge in [0.2, 0.25) is 0 Å². The highest BCUT2D eigenvalue weighted by molar-refractivity contribution is 9.10. The Balaban J connectivity index is 1.66. The Hall–Kier alpha value is -3.56. The van der Waals surface area contributed by atoms with Crippen molar-refractivity contribution in [2.45, 2.75) is 12.3 Å². The van der Waals surface area contributed by atoms with Crippen molar-refractivity contribution in [2.75, 3.05) is 4.90 Å². The van der Waals surface area contributed by atoms with E-state index in [0.29, 0.717) is 0 Å². The largest absolute Gasteiger partial charge is 0.466 e. The van der Waals surface area contributed by atoms with E-state index in [1.165, 1.54) is 21.9 Å². The molecule has 2 atom stereocenters. The summed E-state index contributed by atoms with van der Waals surface area (Å²) >= 11 is 3.60. The molecular weight excluding hydrogens is 470 g/mol. The Morgan fingerprint density at radius 2 is 1.24 bits per heavy atom. The van der Waals surface area contributed by atoms with Gasteiger partial charge in [-0.1, -0.05) is 107 Å². The summed E-state index contributed by atoms with van der Waals surface area (Å²) in [6, 6.07) is 42.6. The summed E-state index contributed by atoms with van der Waals surface area (Å²) in [4.78, 5) is 2.41. The summed E-state index contributed by atoms with van der Waals surface area (Å²) < 4.78 is 7.85. The Labute approximate surface area is 202 Å². The molecule has 5 aromatic carbocycles. The van der Waals surface area contributed by atoms with Crippen LogP contribution in [0.25, 0.3) is 10.8 Å². The number of ether oxygens (including phenoxy) is 1. The quantitative estimate of drug-likeness (QED) is 0.251.